The topological polar surface area (TPSA) is 49.4 Å². The van der Waals surface area contributed by atoms with E-state index in [-0.39, 0.29) is 13.0 Å². The van der Waals surface area contributed by atoms with Gasteiger partial charge in [-0.1, -0.05) is 17.7 Å². The van der Waals surface area contributed by atoms with Crippen LogP contribution < -0.4 is 5.32 Å². The Morgan fingerprint density at radius 1 is 1.36 bits per heavy atom. The third-order valence-corrected chi connectivity index (χ3v) is 3.91. The Morgan fingerprint density at radius 2 is 2.05 bits per heavy atom. The molecule has 2 amide bonds. The standard InChI is InChI=1S/C14H14ClF3N2O2/c1-8-4-5-9(7-10(8)15)19-12(21)11-3-2-6-20(11)13(22)14(16,17)18/h4-5,7,11H,2-3,6H2,1H3,(H,19,21). The average Bonchev–Trinajstić information content (AvgIpc) is 2.90. The Labute approximate surface area is 130 Å². The number of aryl methyl sites for hydroxylation is 1. The van der Waals surface area contributed by atoms with Crippen molar-refractivity contribution in [3.8, 4) is 0 Å². The summed E-state index contributed by atoms with van der Waals surface area (Å²) in [6.07, 6.45) is -4.42. The second-order valence-electron chi connectivity index (χ2n) is 5.11. The second kappa shape index (κ2) is 6.16. The van der Waals surface area contributed by atoms with Gasteiger partial charge in [0.2, 0.25) is 5.91 Å². The molecule has 1 saturated heterocycles. The quantitative estimate of drug-likeness (QED) is 0.903. The zero-order valence-electron chi connectivity index (χ0n) is 11.7. The SMILES string of the molecule is Cc1ccc(NC(=O)C2CCCN2C(=O)C(F)(F)F)cc1Cl. The molecule has 1 heterocycles. The fraction of sp³-hybridized carbons (Fsp3) is 0.429. The van der Waals surface area contributed by atoms with E-state index in [0.29, 0.717) is 22.0 Å². The van der Waals surface area contributed by atoms with Crippen LogP contribution in [0.25, 0.3) is 0 Å². The Hall–Kier alpha value is -1.76. The summed E-state index contributed by atoms with van der Waals surface area (Å²) in [5, 5.41) is 2.94. The number of carbonyl (C=O) groups is 2. The lowest BCUT2D eigenvalue weighted by molar-refractivity contribution is -0.186. The minimum Gasteiger partial charge on any atom is -0.324 e. The van der Waals surface area contributed by atoms with Gasteiger partial charge in [-0.3, -0.25) is 9.59 Å². The maximum absolute atomic E-state index is 12.5. The van der Waals surface area contributed by atoms with Crippen LogP contribution in [0.3, 0.4) is 0 Å². The predicted molar refractivity (Wildman–Crippen MR) is 75.6 cm³/mol. The van der Waals surface area contributed by atoms with E-state index in [1.807, 2.05) is 0 Å². The molecule has 1 N–H and O–H groups in total. The van der Waals surface area contributed by atoms with Gasteiger partial charge >= 0.3 is 12.1 Å². The van der Waals surface area contributed by atoms with E-state index >= 15 is 0 Å². The molecule has 0 saturated carbocycles. The van der Waals surface area contributed by atoms with Crippen molar-refractivity contribution in [3.63, 3.8) is 0 Å². The first-order chi connectivity index (χ1) is 10.2. The molecule has 1 aromatic carbocycles. The first-order valence-electron chi connectivity index (χ1n) is 6.65. The Bertz CT molecular complexity index is 604. The average molecular weight is 335 g/mol. The first-order valence-corrected chi connectivity index (χ1v) is 7.03. The van der Waals surface area contributed by atoms with Gasteiger partial charge in [-0.25, -0.2) is 0 Å². The number of rotatable bonds is 2. The van der Waals surface area contributed by atoms with E-state index in [9.17, 15) is 22.8 Å². The number of alkyl halides is 3. The molecule has 0 aromatic heterocycles. The number of hydrogen-bond acceptors (Lipinski definition) is 2. The van der Waals surface area contributed by atoms with Crippen molar-refractivity contribution in [1.29, 1.82) is 0 Å². The molecule has 2 rings (SSSR count). The molecule has 0 bridgehead atoms. The summed E-state index contributed by atoms with van der Waals surface area (Å²) in [6.45, 7) is 1.71. The van der Waals surface area contributed by atoms with E-state index in [2.05, 4.69) is 5.32 Å². The molecule has 22 heavy (non-hydrogen) atoms. The number of hydrogen-bond donors (Lipinski definition) is 1. The molecule has 4 nitrogen and oxygen atoms in total. The molecular formula is C14H14ClF3N2O2. The lowest BCUT2D eigenvalue weighted by Gasteiger charge is -2.24. The third-order valence-electron chi connectivity index (χ3n) is 3.50. The normalized spacial score (nSPS) is 18.4. The van der Waals surface area contributed by atoms with Crippen molar-refractivity contribution in [2.45, 2.75) is 32.0 Å². The fourth-order valence-electron chi connectivity index (χ4n) is 2.34. The van der Waals surface area contributed by atoms with Gasteiger partial charge in [0.05, 0.1) is 0 Å². The minimum atomic E-state index is -4.98. The molecule has 1 unspecified atom stereocenters. The lowest BCUT2D eigenvalue weighted by Crippen LogP contribution is -2.48. The van der Waals surface area contributed by atoms with Crippen LogP contribution in [-0.2, 0) is 9.59 Å². The number of amides is 2. The largest absolute Gasteiger partial charge is 0.471 e. The van der Waals surface area contributed by atoms with Gasteiger partial charge in [0.15, 0.2) is 0 Å². The van der Waals surface area contributed by atoms with Crippen LogP contribution in [0.4, 0.5) is 18.9 Å². The van der Waals surface area contributed by atoms with Gasteiger partial charge in [0.25, 0.3) is 0 Å². The zero-order valence-corrected chi connectivity index (χ0v) is 12.5. The van der Waals surface area contributed by atoms with E-state index in [1.165, 1.54) is 6.07 Å². The van der Waals surface area contributed by atoms with Crippen LogP contribution in [0.5, 0.6) is 0 Å². The summed E-state index contributed by atoms with van der Waals surface area (Å²) in [4.78, 5) is 24.0. The van der Waals surface area contributed by atoms with E-state index in [1.54, 1.807) is 19.1 Å². The van der Waals surface area contributed by atoms with Gasteiger partial charge < -0.3 is 10.2 Å². The first kappa shape index (κ1) is 16.6. The molecule has 1 atom stereocenters. The van der Waals surface area contributed by atoms with Gasteiger partial charge in [-0.2, -0.15) is 13.2 Å². The molecule has 8 heteroatoms. The number of likely N-dealkylation sites (tertiary alicyclic amines) is 1. The predicted octanol–water partition coefficient (Wildman–Crippen LogP) is 3.14. The fourth-order valence-corrected chi connectivity index (χ4v) is 2.52. The highest BCUT2D eigenvalue weighted by atomic mass is 35.5. The highest BCUT2D eigenvalue weighted by Crippen LogP contribution is 2.27. The highest BCUT2D eigenvalue weighted by Gasteiger charge is 2.47. The number of anilines is 1. The Kier molecular flexibility index (Phi) is 4.65. The molecule has 1 aromatic rings. The lowest BCUT2D eigenvalue weighted by atomic mass is 10.2. The van der Waals surface area contributed by atoms with Crippen LogP contribution >= 0.6 is 11.6 Å². The zero-order chi connectivity index (χ0) is 16.5. The van der Waals surface area contributed by atoms with Crippen molar-refractivity contribution in [2.24, 2.45) is 0 Å². The van der Waals surface area contributed by atoms with Crippen LogP contribution in [0, 0.1) is 6.92 Å². The summed E-state index contributed by atoms with van der Waals surface area (Å²) in [7, 11) is 0. The van der Waals surface area contributed by atoms with Crippen molar-refractivity contribution in [1.82, 2.24) is 4.90 Å². The van der Waals surface area contributed by atoms with Crippen molar-refractivity contribution >= 4 is 29.1 Å². The Morgan fingerprint density at radius 3 is 2.64 bits per heavy atom. The van der Waals surface area contributed by atoms with E-state index in [0.717, 1.165) is 5.56 Å². The molecule has 1 aliphatic rings. The monoisotopic (exact) mass is 334 g/mol. The summed E-state index contributed by atoms with van der Waals surface area (Å²) in [6, 6.07) is 3.68. The minimum absolute atomic E-state index is 0.0783. The number of halogens is 4. The van der Waals surface area contributed by atoms with Gasteiger partial charge in [0, 0.05) is 17.3 Å². The smallest absolute Gasteiger partial charge is 0.324 e. The molecule has 1 fully saturated rings. The van der Waals surface area contributed by atoms with Crippen LogP contribution in [0.2, 0.25) is 5.02 Å². The van der Waals surface area contributed by atoms with Gasteiger partial charge in [-0.15, -0.1) is 0 Å². The van der Waals surface area contributed by atoms with Gasteiger partial charge in [0.1, 0.15) is 6.04 Å². The number of benzene rings is 1. The second-order valence-corrected chi connectivity index (χ2v) is 5.51. The van der Waals surface area contributed by atoms with Gasteiger partial charge in [-0.05, 0) is 37.5 Å². The summed E-state index contributed by atoms with van der Waals surface area (Å²) in [5.41, 5.74) is 1.20. The maximum Gasteiger partial charge on any atom is 0.471 e. The molecule has 1 aliphatic heterocycles. The van der Waals surface area contributed by atoms with Crippen molar-refractivity contribution in [3.05, 3.63) is 28.8 Å². The molecule has 120 valence electrons. The molecule has 0 aliphatic carbocycles. The third kappa shape index (κ3) is 3.52. The molecular weight excluding hydrogens is 321 g/mol. The van der Waals surface area contributed by atoms with E-state index in [4.69, 9.17) is 11.6 Å². The number of nitrogens with zero attached hydrogens (tertiary/aromatic N) is 1. The molecule has 0 spiro atoms. The van der Waals surface area contributed by atoms with E-state index < -0.39 is 24.0 Å². The van der Waals surface area contributed by atoms with Crippen LogP contribution in [0.1, 0.15) is 18.4 Å². The molecule has 0 radical (unpaired) electrons. The van der Waals surface area contributed by atoms with Crippen LogP contribution in [-0.4, -0.2) is 35.5 Å². The summed E-state index contributed by atoms with van der Waals surface area (Å²) in [5.74, 6) is -2.62. The highest BCUT2D eigenvalue weighted by molar-refractivity contribution is 6.31. The summed E-state index contributed by atoms with van der Waals surface area (Å²) < 4.78 is 37.6. The maximum atomic E-state index is 12.5. The van der Waals surface area contributed by atoms with Crippen LogP contribution in [0.15, 0.2) is 18.2 Å². The van der Waals surface area contributed by atoms with Crippen molar-refractivity contribution in [2.75, 3.05) is 11.9 Å². The number of carbonyl (C=O) groups excluding carboxylic acids is 2. The number of nitrogens with one attached hydrogen (secondary N) is 1. The Balaban J connectivity index is 2.11. The van der Waals surface area contributed by atoms with Crippen molar-refractivity contribution < 1.29 is 22.8 Å². The summed E-state index contributed by atoms with van der Waals surface area (Å²) >= 11 is 5.93.